The first-order chi connectivity index (χ1) is 10.2. The molecule has 0 bridgehead atoms. The van der Waals surface area contributed by atoms with Crippen LogP contribution in [0.2, 0.25) is 0 Å². The minimum Gasteiger partial charge on any atom is -0.496 e. The van der Waals surface area contributed by atoms with Crippen LogP contribution >= 0.6 is 0 Å². The molecule has 0 saturated heterocycles. The largest absolute Gasteiger partial charge is 0.496 e. The third-order valence-corrected chi connectivity index (χ3v) is 2.96. The maximum absolute atomic E-state index is 12.2. The van der Waals surface area contributed by atoms with Gasteiger partial charge in [-0.25, -0.2) is 0 Å². The summed E-state index contributed by atoms with van der Waals surface area (Å²) in [4.78, 5) is 12.2. The first kappa shape index (κ1) is 17.1. The molecule has 1 aromatic carbocycles. The van der Waals surface area contributed by atoms with Crippen molar-refractivity contribution in [3.8, 4) is 17.2 Å². The number of carbonyl (C=O) groups excluding carboxylic acids is 1. The Hall–Kier alpha value is -1.95. The zero-order valence-corrected chi connectivity index (χ0v) is 13.1. The molecule has 1 aromatic rings. The van der Waals surface area contributed by atoms with E-state index in [1.807, 2.05) is 0 Å². The Morgan fingerprint density at radius 2 is 1.57 bits per heavy atom. The molecule has 21 heavy (non-hydrogen) atoms. The number of nitrogens with one attached hydrogen (secondary N) is 2. The maximum Gasteiger partial charge on any atom is 0.255 e. The van der Waals surface area contributed by atoms with Crippen molar-refractivity contribution in [2.75, 3.05) is 41.0 Å². The second kappa shape index (κ2) is 9.07. The third kappa shape index (κ3) is 4.82. The molecule has 0 atom stereocenters. The third-order valence-electron chi connectivity index (χ3n) is 2.96. The van der Waals surface area contributed by atoms with Crippen molar-refractivity contribution in [2.45, 2.75) is 13.3 Å². The number of hydrogen-bond donors (Lipinski definition) is 2. The zero-order valence-electron chi connectivity index (χ0n) is 13.1. The minimum absolute atomic E-state index is 0.203. The zero-order chi connectivity index (χ0) is 15.7. The Kier molecular flexibility index (Phi) is 7.39. The molecule has 1 rings (SSSR count). The highest BCUT2D eigenvalue weighted by Gasteiger charge is 2.17. The van der Waals surface area contributed by atoms with Gasteiger partial charge in [0, 0.05) is 25.2 Å². The number of amides is 1. The van der Waals surface area contributed by atoms with Crippen molar-refractivity contribution in [3.63, 3.8) is 0 Å². The van der Waals surface area contributed by atoms with Crippen molar-refractivity contribution in [2.24, 2.45) is 0 Å². The maximum atomic E-state index is 12.2. The number of carbonyl (C=O) groups is 1. The molecule has 6 nitrogen and oxygen atoms in total. The molecule has 0 unspecified atom stereocenters. The second-order valence-corrected chi connectivity index (χ2v) is 4.41. The summed E-state index contributed by atoms with van der Waals surface area (Å²) in [6.45, 7) is 4.32. The van der Waals surface area contributed by atoms with Crippen LogP contribution < -0.4 is 24.8 Å². The molecule has 6 heteroatoms. The van der Waals surface area contributed by atoms with E-state index in [4.69, 9.17) is 14.2 Å². The van der Waals surface area contributed by atoms with Crippen LogP contribution in [0.4, 0.5) is 0 Å². The molecule has 118 valence electrons. The lowest BCUT2D eigenvalue weighted by Crippen LogP contribution is -2.32. The molecule has 0 aliphatic carbocycles. The average Bonchev–Trinajstić information content (AvgIpc) is 2.52. The predicted molar refractivity (Wildman–Crippen MR) is 81.6 cm³/mol. The van der Waals surface area contributed by atoms with Gasteiger partial charge in [0.15, 0.2) is 11.5 Å². The van der Waals surface area contributed by atoms with Gasteiger partial charge >= 0.3 is 0 Å². The van der Waals surface area contributed by atoms with Crippen molar-refractivity contribution < 1.29 is 19.0 Å². The standard InChI is InChI=1S/C15H24N2O4/c1-5-6-16-7-8-17-15(18)11-9-13(20-3)14(21-4)10-12(11)19-2/h9-10,16H,5-8H2,1-4H3,(H,17,18). The highest BCUT2D eigenvalue weighted by atomic mass is 16.5. The van der Waals surface area contributed by atoms with Gasteiger partial charge in [-0.1, -0.05) is 6.92 Å². The van der Waals surface area contributed by atoms with Gasteiger partial charge in [-0.2, -0.15) is 0 Å². The molecule has 2 N–H and O–H groups in total. The fraction of sp³-hybridized carbons (Fsp3) is 0.533. The molecular weight excluding hydrogens is 272 g/mol. The summed E-state index contributed by atoms with van der Waals surface area (Å²) in [5, 5.41) is 6.06. The van der Waals surface area contributed by atoms with Gasteiger partial charge in [0.1, 0.15) is 5.75 Å². The molecule has 1 amide bonds. The fourth-order valence-corrected chi connectivity index (χ4v) is 1.87. The lowest BCUT2D eigenvalue weighted by atomic mass is 10.1. The van der Waals surface area contributed by atoms with Crippen molar-refractivity contribution >= 4 is 5.91 Å². The van der Waals surface area contributed by atoms with E-state index in [0.717, 1.165) is 19.5 Å². The van der Waals surface area contributed by atoms with Crippen LogP contribution in [0.3, 0.4) is 0 Å². The summed E-state index contributed by atoms with van der Waals surface area (Å²) < 4.78 is 15.6. The average molecular weight is 296 g/mol. The second-order valence-electron chi connectivity index (χ2n) is 4.41. The van der Waals surface area contributed by atoms with E-state index in [1.54, 1.807) is 12.1 Å². The van der Waals surface area contributed by atoms with Crippen LogP contribution in [0.5, 0.6) is 17.2 Å². The Bertz CT molecular complexity index is 463. The molecule has 0 saturated carbocycles. The van der Waals surface area contributed by atoms with Crippen molar-refractivity contribution in [1.29, 1.82) is 0 Å². The SMILES string of the molecule is CCCNCCNC(=O)c1cc(OC)c(OC)cc1OC. The smallest absolute Gasteiger partial charge is 0.255 e. The first-order valence-electron chi connectivity index (χ1n) is 6.96. The lowest BCUT2D eigenvalue weighted by molar-refractivity contribution is 0.0950. The summed E-state index contributed by atoms with van der Waals surface area (Å²) in [5.74, 6) is 1.26. The molecule has 0 aliphatic rings. The van der Waals surface area contributed by atoms with Crippen LogP contribution in [0.25, 0.3) is 0 Å². The topological polar surface area (TPSA) is 68.8 Å². The van der Waals surface area contributed by atoms with Gasteiger partial charge in [0.2, 0.25) is 0 Å². The van der Waals surface area contributed by atoms with Crippen molar-refractivity contribution in [3.05, 3.63) is 17.7 Å². The van der Waals surface area contributed by atoms with Crippen LogP contribution in [0, 0.1) is 0 Å². The molecule has 0 fully saturated rings. The van der Waals surface area contributed by atoms with E-state index in [-0.39, 0.29) is 5.91 Å². The van der Waals surface area contributed by atoms with Gasteiger partial charge in [-0.15, -0.1) is 0 Å². The lowest BCUT2D eigenvalue weighted by Gasteiger charge is -2.14. The first-order valence-corrected chi connectivity index (χ1v) is 6.96. The highest BCUT2D eigenvalue weighted by Crippen LogP contribution is 2.34. The van der Waals surface area contributed by atoms with Crippen LogP contribution in [0.1, 0.15) is 23.7 Å². The number of benzene rings is 1. The van der Waals surface area contributed by atoms with E-state index in [9.17, 15) is 4.79 Å². The van der Waals surface area contributed by atoms with Gasteiger partial charge in [-0.05, 0) is 13.0 Å². The molecule has 0 aliphatic heterocycles. The Morgan fingerprint density at radius 1 is 0.952 bits per heavy atom. The van der Waals surface area contributed by atoms with E-state index >= 15 is 0 Å². The van der Waals surface area contributed by atoms with Crippen LogP contribution in [0.15, 0.2) is 12.1 Å². The fourth-order valence-electron chi connectivity index (χ4n) is 1.87. The minimum atomic E-state index is -0.203. The number of rotatable bonds is 9. The van der Waals surface area contributed by atoms with Gasteiger partial charge < -0.3 is 24.8 Å². The molecule has 0 radical (unpaired) electrons. The van der Waals surface area contributed by atoms with E-state index in [2.05, 4.69) is 17.6 Å². The molecule has 0 aromatic heterocycles. The Morgan fingerprint density at radius 3 is 2.14 bits per heavy atom. The summed E-state index contributed by atoms with van der Waals surface area (Å²) >= 11 is 0. The van der Waals surface area contributed by atoms with Crippen LogP contribution in [-0.4, -0.2) is 46.9 Å². The number of methoxy groups -OCH3 is 3. The summed E-state index contributed by atoms with van der Waals surface area (Å²) in [7, 11) is 4.58. The van der Waals surface area contributed by atoms with Crippen LogP contribution in [-0.2, 0) is 0 Å². The Balaban J connectivity index is 2.77. The normalized spacial score (nSPS) is 10.1. The van der Waals surface area contributed by atoms with E-state index < -0.39 is 0 Å². The van der Waals surface area contributed by atoms with E-state index in [1.165, 1.54) is 21.3 Å². The summed E-state index contributed by atoms with van der Waals surface area (Å²) in [6, 6.07) is 3.26. The van der Waals surface area contributed by atoms with Gasteiger partial charge in [0.25, 0.3) is 5.91 Å². The predicted octanol–water partition coefficient (Wildman–Crippen LogP) is 1.44. The quantitative estimate of drug-likeness (QED) is 0.675. The number of hydrogen-bond acceptors (Lipinski definition) is 5. The molecule has 0 heterocycles. The van der Waals surface area contributed by atoms with Gasteiger partial charge in [-0.3, -0.25) is 4.79 Å². The molecular formula is C15H24N2O4. The monoisotopic (exact) mass is 296 g/mol. The summed E-state index contributed by atoms with van der Waals surface area (Å²) in [6.07, 6.45) is 1.07. The molecule has 0 spiro atoms. The highest BCUT2D eigenvalue weighted by molar-refractivity contribution is 5.97. The Labute approximate surface area is 125 Å². The van der Waals surface area contributed by atoms with E-state index in [0.29, 0.717) is 29.4 Å². The van der Waals surface area contributed by atoms with Gasteiger partial charge in [0.05, 0.1) is 26.9 Å². The number of ether oxygens (including phenoxy) is 3. The summed E-state index contributed by atoms with van der Waals surface area (Å²) in [5.41, 5.74) is 0.422. The van der Waals surface area contributed by atoms with Crippen molar-refractivity contribution in [1.82, 2.24) is 10.6 Å².